The van der Waals surface area contributed by atoms with E-state index >= 15 is 0 Å². The molecule has 0 amide bonds. The van der Waals surface area contributed by atoms with Crippen LogP contribution < -0.4 is 5.32 Å². The second-order valence-electron chi connectivity index (χ2n) is 5.21. The second kappa shape index (κ2) is 7.29. The third-order valence-corrected chi connectivity index (χ3v) is 4.23. The van der Waals surface area contributed by atoms with Gasteiger partial charge in [0.25, 0.3) is 0 Å². The van der Waals surface area contributed by atoms with Crippen molar-refractivity contribution >= 4 is 0 Å². The van der Waals surface area contributed by atoms with Crippen LogP contribution in [0.25, 0.3) is 0 Å². The summed E-state index contributed by atoms with van der Waals surface area (Å²) in [6.45, 7) is 7.96. The Morgan fingerprint density at radius 3 is 2.44 bits per heavy atom. The Bertz CT molecular complexity index is 176. The molecule has 0 bridgehead atoms. The van der Waals surface area contributed by atoms with Gasteiger partial charge in [0.15, 0.2) is 0 Å². The van der Waals surface area contributed by atoms with Crippen molar-refractivity contribution in [3.05, 3.63) is 0 Å². The molecule has 1 aliphatic rings. The lowest BCUT2D eigenvalue weighted by atomic mass is 9.89. The van der Waals surface area contributed by atoms with Gasteiger partial charge in [-0.15, -0.1) is 0 Å². The Morgan fingerprint density at radius 2 is 1.88 bits per heavy atom. The van der Waals surface area contributed by atoms with Crippen molar-refractivity contribution in [2.24, 2.45) is 0 Å². The van der Waals surface area contributed by atoms with Crippen molar-refractivity contribution in [1.82, 2.24) is 10.2 Å². The highest BCUT2D eigenvalue weighted by Crippen LogP contribution is 2.25. The number of hydrogen-bond donors (Lipinski definition) is 1. The lowest BCUT2D eigenvalue weighted by Gasteiger charge is -2.39. The Labute approximate surface area is 102 Å². The van der Waals surface area contributed by atoms with Gasteiger partial charge in [0.1, 0.15) is 0 Å². The van der Waals surface area contributed by atoms with Crippen molar-refractivity contribution in [3.63, 3.8) is 0 Å². The highest BCUT2D eigenvalue weighted by Gasteiger charge is 2.26. The highest BCUT2D eigenvalue weighted by atomic mass is 15.2. The predicted octanol–water partition coefficient (Wildman–Crippen LogP) is 3.03. The molecule has 2 unspecified atom stereocenters. The molecule has 0 aliphatic heterocycles. The minimum atomic E-state index is 0.764. The van der Waals surface area contributed by atoms with Crippen LogP contribution in [-0.4, -0.2) is 36.6 Å². The molecule has 2 nitrogen and oxygen atoms in total. The number of nitrogens with one attached hydrogen (secondary N) is 1. The molecule has 0 aromatic rings. The van der Waals surface area contributed by atoms with Crippen molar-refractivity contribution in [1.29, 1.82) is 0 Å². The smallest absolute Gasteiger partial charge is 0.0110 e. The number of hydrogen-bond acceptors (Lipinski definition) is 2. The zero-order chi connectivity index (χ0) is 12.0. The SMILES string of the molecule is CCNC1CCCC(N(C)C(CC)CC)C1. The molecule has 1 saturated carbocycles. The van der Waals surface area contributed by atoms with E-state index in [-0.39, 0.29) is 0 Å². The van der Waals surface area contributed by atoms with Gasteiger partial charge in [-0.05, 0) is 45.7 Å². The van der Waals surface area contributed by atoms with E-state index in [4.69, 9.17) is 0 Å². The zero-order valence-corrected chi connectivity index (χ0v) is 11.6. The van der Waals surface area contributed by atoms with Crippen molar-refractivity contribution in [2.45, 2.75) is 77.4 Å². The molecule has 1 aliphatic carbocycles. The van der Waals surface area contributed by atoms with Crippen LogP contribution in [0, 0.1) is 0 Å². The molecule has 96 valence electrons. The molecule has 1 N–H and O–H groups in total. The van der Waals surface area contributed by atoms with Crippen LogP contribution in [0.3, 0.4) is 0 Å². The first-order valence-electron chi connectivity index (χ1n) is 7.18. The van der Waals surface area contributed by atoms with Gasteiger partial charge in [0.05, 0.1) is 0 Å². The summed E-state index contributed by atoms with van der Waals surface area (Å²) in [4.78, 5) is 2.64. The molecule has 16 heavy (non-hydrogen) atoms. The summed E-state index contributed by atoms with van der Waals surface area (Å²) in [5.74, 6) is 0. The number of rotatable bonds is 6. The largest absolute Gasteiger partial charge is 0.314 e. The Hall–Kier alpha value is -0.0800. The summed E-state index contributed by atoms with van der Waals surface area (Å²) in [5, 5.41) is 3.62. The average molecular weight is 226 g/mol. The normalized spacial score (nSPS) is 26.6. The quantitative estimate of drug-likeness (QED) is 0.749. The fourth-order valence-corrected chi connectivity index (χ4v) is 3.17. The molecule has 0 aromatic heterocycles. The molecule has 0 aromatic carbocycles. The molecule has 1 rings (SSSR count). The molecule has 0 radical (unpaired) electrons. The topological polar surface area (TPSA) is 15.3 Å². The van der Waals surface area contributed by atoms with E-state index in [9.17, 15) is 0 Å². The maximum absolute atomic E-state index is 3.62. The molecule has 0 heterocycles. The van der Waals surface area contributed by atoms with Gasteiger partial charge in [-0.25, -0.2) is 0 Å². The van der Waals surface area contributed by atoms with E-state index in [1.165, 1.54) is 38.5 Å². The molecule has 2 heteroatoms. The fraction of sp³-hybridized carbons (Fsp3) is 1.00. The van der Waals surface area contributed by atoms with Crippen LogP contribution in [-0.2, 0) is 0 Å². The lowest BCUT2D eigenvalue weighted by Crippen LogP contribution is -2.46. The van der Waals surface area contributed by atoms with Gasteiger partial charge in [-0.2, -0.15) is 0 Å². The first-order chi connectivity index (χ1) is 7.72. The van der Waals surface area contributed by atoms with Crippen LogP contribution in [0.4, 0.5) is 0 Å². The minimum Gasteiger partial charge on any atom is -0.314 e. The van der Waals surface area contributed by atoms with E-state index < -0.39 is 0 Å². The van der Waals surface area contributed by atoms with Crippen LogP contribution in [0.15, 0.2) is 0 Å². The molecular weight excluding hydrogens is 196 g/mol. The Balaban J connectivity index is 2.45. The van der Waals surface area contributed by atoms with Crippen LogP contribution >= 0.6 is 0 Å². The first kappa shape index (κ1) is 14.0. The Morgan fingerprint density at radius 1 is 1.19 bits per heavy atom. The summed E-state index contributed by atoms with van der Waals surface area (Å²) < 4.78 is 0. The van der Waals surface area contributed by atoms with Crippen molar-refractivity contribution in [3.8, 4) is 0 Å². The minimum absolute atomic E-state index is 0.764. The van der Waals surface area contributed by atoms with Crippen molar-refractivity contribution in [2.75, 3.05) is 13.6 Å². The molecule has 2 atom stereocenters. The highest BCUT2D eigenvalue weighted by molar-refractivity contribution is 4.84. The summed E-state index contributed by atoms with van der Waals surface area (Å²) in [5.41, 5.74) is 0. The van der Waals surface area contributed by atoms with Gasteiger partial charge in [-0.1, -0.05) is 27.2 Å². The van der Waals surface area contributed by atoms with Crippen LogP contribution in [0.1, 0.15) is 59.3 Å². The maximum atomic E-state index is 3.62. The average Bonchev–Trinajstić information content (AvgIpc) is 2.31. The van der Waals surface area contributed by atoms with Crippen molar-refractivity contribution < 1.29 is 0 Å². The number of nitrogens with zero attached hydrogens (tertiary/aromatic N) is 1. The molecule has 0 saturated heterocycles. The maximum Gasteiger partial charge on any atom is 0.0110 e. The second-order valence-corrected chi connectivity index (χ2v) is 5.21. The molecule has 0 spiro atoms. The first-order valence-corrected chi connectivity index (χ1v) is 7.18. The summed E-state index contributed by atoms with van der Waals surface area (Å²) in [7, 11) is 2.33. The van der Waals surface area contributed by atoms with Gasteiger partial charge in [-0.3, -0.25) is 0 Å². The summed E-state index contributed by atoms with van der Waals surface area (Å²) >= 11 is 0. The zero-order valence-electron chi connectivity index (χ0n) is 11.6. The molecular formula is C14H30N2. The third-order valence-electron chi connectivity index (χ3n) is 4.23. The summed E-state index contributed by atoms with van der Waals surface area (Å²) in [6.07, 6.45) is 8.09. The fourth-order valence-electron chi connectivity index (χ4n) is 3.17. The van der Waals surface area contributed by atoms with Crippen LogP contribution in [0.2, 0.25) is 0 Å². The molecule has 1 fully saturated rings. The van der Waals surface area contributed by atoms with Crippen LogP contribution in [0.5, 0.6) is 0 Å². The van der Waals surface area contributed by atoms with Gasteiger partial charge in [0, 0.05) is 18.1 Å². The van der Waals surface area contributed by atoms with Gasteiger partial charge >= 0.3 is 0 Å². The third kappa shape index (κ3) is 3.74. The van der Waals surface area contributed by atoms with E-state index in [1.54, 1.807) is 0 Å². The van der Waals surface area contributed by atoms with E-state index in [0.717, 1.165) is 24.7 Å². The lowest BCUT2D eigenvalue weighted by molar-refractivity contribution is 0.117. The predicted molar refractivity (Wildman–Crippen MR) is 71.9 cm³/mol. The van der Waals surface area contributed by atoms with E-state index in [1.807, 2.05) is 0 Å². The standard InChI is InChI=1S/C14H30N2/c1-5-13(6-2)16(4)14-10-8-9-12(11-14)15-7-3/h12-15H,5-11H2,1-4H3. The monoisotopic (exact) mass is 226 g/mol. The van der Waals surface area contributed by atoms with Gasteiger partial charge < -0.3 is 10.2 Å². The Kier molecular flexibility index (Phi) is 6.37. The summed E-state index contributed by atoms with van der Waals surface area (Å²) in [6, 6.07) is 2.36. The van der Waals surface area contributed by atoms with E-state index in [2.05, 4.69) is 38.0 Å². The van der Waals surface area contributed by atoms with E-state index in [0.29, 0.717) is 0 Å². The van der Waals surface area contributed by atoms with Gasteiger partial charge in [0.2, 0.25) is 0 Å².